The zero-order valence-electron chi connectivity index (χ0n) is 8.59. The zero-order chi connectivity index (χ0) is 11.3. The molecule has 0 saturated carbocycles. The Morgan fingerprint density at radius 1 is 1.53 bits per heavy atom. The largest absolute Gasteiger partial charge is 0.352 e. The van der Waals surface area contributed by atoms with Crippen LogP contribution in [-0.4, -0.2) is 12.5 Å². The summed E-state index contributed by atoms with van der Waals surface area (Å²) in [6, 6.07) is 5.43. The van der Waals surface area contributed by atoms with E-state index in [0.29, 0.717) is 10.5 Å². The summed E-state index contributed by atoms with van der Waals surface area (Å²) < 4.78 is 0.928. The molecule has 0 spiro atoms. The fourth-order valence-electron chi connectivity index (χ4n) is 1.17. The summed E-state index contributed by atoms with van der Waals surface area (Å²) >= 11 is 7.59. The first-order chi connectivity index (χ1) is 7.15. The van der Waals surface area contributed by atoms with E-state index in [9.17, 15) is 4.79 Å². The number of unbranched alkanes of at least 4 members (excludes halogenated alkanes) is 1. The van der Waals surface area contributed by atoms with Crippen LogP contribution in [0.3, 0.4) is 0 Å². The zero-order valence-corrected chi connectivity index (χ0v) is 11.1. The number of benzene rings is 1. The molecule has 0 aliphatic heterocycles. The number of rotatable bonds is 4. The topological polar surface area (TPSA) is 29.1 Å². The van der Waals surface area contributed by atoms with E-state index in [-0.39, 0.29) is 5.91 Å². The van der Waals surface area contributed by atoms with Gasteiger partial charge < -0.3 is 5.32 Å². The number of hydrogen-bond acceptors (Lipinski definition) is 2. The third kappa shape index (κ3) is 3.87. The van der Waals surface area contributed by atoms with Crippen molar-refractivity contribution < 1.29 is 4.79 Å². The van der Waals surface area contributed by atoms with E-state index in [1.807, 2.05) is 12.1 Å². The highest BCUT2D eigenvalue weighted by molar-refractivity contribution is 9.10. The highest BCUT2D eigenvalue weighted by Crippen LogP contribution is 2.19. The van der Waals surface area contributed by atoms with Crippen LogP contribution in [0.4, 0.5) is 0 Å². The molecule has 0 saturated heterocycles. The predicted molar refractivity (Wildman–Crippen MR) is 68.6 cm³/mol. The molecule has 0 heterocycles. The molecule has 2 nitrogen and oxygen atoms in total. The molecule has 82 valence electrons. The maximum atomic E-state index is 11.7. The molecule has 1 rings (SSSR count). The first-order valence-corrected chi connectivity index (χ1v) is 6.16. The Morgan fingerprint density at radius 2 is 2.27 bits per heavy atom. The molecule has 0 fully saturated rings. The number of thiol groups is 1. The van der Waals surface area contributed by atoms with Gasteiger partial charge in [-0.1, -0.05) is 29.3 Å². The van der Waals surface area contributed by atoms with Crippen LogP contribution in [0.25, 0.3) is 0 Å². The minimum absolute atomic E-state index is 0.0547. The van der Waals surface area contributed by atoms with Gasteiger partial charge in [0.25, 0.3) is 5.91 Å². The fraction of sp³-hybridized carbons (Fsp3) is 0.364. The van der Waals surface area contributed by atoms with Gasteiger partial charge in [-0.05, 0) is 24.6 Å². The average Bonchev–Trinajstić information content (AvgIpc) is 2.17. The van der Waals surface area contributed by atoms with Gasteiger partial charge in [-0.2, -0.15) is 0 Å². The van der Waals surface area contributed by atoms with Crippen molar-refractivity contribution in [2.75, 3.05) is 6.54 Å². The van der Waals surface area contributed by atoms with Crippen LogP contribution < -0.4 is 5.32 Å². The summed E-state index contributed by atoms with van der Waals surface area (Å²) in [6.07, 6.45) is 2.08. The Hall–Kier alpha value is -0.480. The summed E-state index contributed by atoms with van der Waals surface area (Å²) in [4.78, 5) is 12.4. The van der Waals surface area contributed by atoms with Gasteiger partial charge in [-0.25, -0.2) is 0 Å². The maximum absolute atomic E-state index is 11.7. The van der Waals surface area contributed by atoms with E-state index >= 15 is 0 Å². The van der Waals surface area contributed by atoms with Gasteiger partial charge in [0.05, 0.1) is 5.56 Å². The molecule has 1 N–H and O–H groups in total. The second-order valence-corrected chi connectivity index (χ2v) is 4.67. The first kappa shape index (κ1) is 12.6. The minimum atomic E-state index is -0.0547. The number of nitrogens with one attached hydrogen (secondary N) is 1. The standard InChI is InChI=1S/C11H14BrNOS/c1-2-3-6-13-11(14)9-5-4-8(12)7-10(9)15/h4-5,7,15H,2-3,6H2,1H3,(H,13,14). The Labute approximate surface area is 104 Å². The Morgan fingerprint density at radius 3 is 2.87 bits per heavy atom. The van der Waals surface area contributed by atoms with Gasteiger partial charge in [-0.3, -0.25) is 4.79 Å². The van der Waals surface area contributed by atoms with E-state index in [1.165, 1.54) is 0 Å². The molecule has 0 aromatic heterocycles. The summed E-state index contributed by atoms with van der Waals surface area (Å²) in [5, 5.41) is 2.86. The third-order valence-corrected chi connectivity index (χ3v) is 2.88. The van der Waals surface area contributed by atoms with Crippen LogP contribution in [0.15, 0.2) is 27.6 Å². The first-order valence-electron chi connectivity index (χ1n) is 4.92. The molecule has 1 aromatic rings. The van der Waals surface area contributed by atoms with Gasteiger partial charge in [0.1, 0.15) is 0 Å². The molecule has 0 atom stereocenters. The second kappa shape index (κ2) is 6.18. The normalized spacial score (nSPS) is 10.1. The fourth-order valence-corrected chi connectivity index (χ4v) is 2.02. The SMILES string of the molecule is CCCCNC(=O)c1ccc(Br)cc1S. The van der Waals surface area contributed by atoms with Crippen LogP contribution >= 0.6 is 28.6 Å². The van der Waals surface area contributed by atoms with Crippen LogP contribution in [0.5, 0.6) is 0 Å². The smallest absolute Gasteiger partial charge is 0.252 e. The molecular formula is C11H14BrNOS. The third-order valence-electron chi connectivity index (χ3n) is 2.02. The molecule has 1 aromatic carbocycles. The van der Waals surface area contributed by atoms with Crippen molar-refractivity contribution in [1.82, 2.24) is 5.32 Å². The number of halogens is 1. The monoisotopic (exact) mass is 287 g/mol. The number of carbonyl (C=O) groups excluding carboxylic acids is 1. The van der Waals surface area contributed by atoms with E-state index in [0.717, 1.165) is 23.9 Å². The number of amides is 1. The van der Waals surface area contributed by atoms with Gasteiger partial charge >= 0.3 is 0 Å². The van der Waals surface area contributed by atoms with Crippen molar-refractivity contribution in [3.05, 3.63) is 28.2 Å². The highest BCUT2D eigenvalue weighted by Gasteiger charge is 2.08. The van der Waals surface area contributed by atoms with Gasteiger partial charge in [0, 0.05) is 15.9 Å². The molecule has 0 unspecified atom stereocenters. The van der Waals surface area contributed by atoms with Crippen molar-refractivity contribution in [3.63, 3.8) is 0 Å². The minimum Gasteiger partial charge on any atom is -0.352 e. The molecule has 4 heteroatoms. The Bertz CT molecular complexity index is 354. The summed E-state index contributed by atoms with van der Waals surface area (Å²) in [7, 11) is 0. The number of carbonyl (C=O) groups is 1. The van der Waals surface area contributed by atoms with Crippen molar-refractivity contribution in [2.24, 2.45) is 0 Å². The van der Waals surface area contributed by atoms with Crippen LogP contribution in [0, 0.1) is 0 Å². The van der Waals surface area contributed by atoms with E-state index in [1.54, 1.807) is 6.07 Å². The summed E-state index contributed by atoms with van der Waals surface area (Å²) in [5.74, 6) is -0.0547. The second-order valence-electron chi connectivity index (χ2n) is 3.27. The van der Waals surface area contributed by atoms with Crippen LogP contribution in [-0.2, 0) is 0 Å². The Kier molecular flexibility index (Phi) is 5.19. The lowest BCUT2D eigenvalue weighted by molar-refractivity contribution is 0.0950. The molecule has 0 radical (unpaired) electrons. The van der Waals surface area contributed by atoms with E-state index in [4.69, 9.17) is 0 Å². The molecule has 0 aliphatic rings. The van der Waals surface area contributed by atoms with Crippen LogP contribution in [0.2, 0.25) is 0 Å². The quantitative estimate of drug-likeness (QED) is 0.646. The summed E-state index contributed by atoms with van der Waals surface area (Å²) in [6.45, 7) is 2.81. The van der Waals surface area contributed by atoms with Crippen LogP contribution in [0.1, 0.15) is 30.1 Å². The lowest BCUT2D eigenvalue weighted by atomic mass is 10.2. The van der Waals surface area contributed by atoms with Crippen molar-refractivity contribution in [3.8, 4) is 0 Å². The lowest BCUT2D eigenvalue weighted by Gasteiger charge is -2.06. The predicted octanol–water partition coefficient (Wildman–Crippen LogP) is 3.27. The highest BCUT2D eigenvalue weighted by atomic mass is 79.9. The molecule has 0 bridgehead atoms. The average molecular weight is 288 g/mol. The van der Waals surface area contributed by atoms with Crippen molar-refractivity contribution in [1.29, 1.82) is 0 Å². The molecule has 0 aliphatic carbocycles. The number of hydrogen-bond donors (Lipinski definition) is 2. The van der Waals surface area contributed by atoms with Gasteiger partial charge in [0.15, 0.2) is 0 Å². The van der Waals surface area contributed by atoms with E-state index in [2.05, 4.69) is 40.8 Å². The van der Waals surface area contributed by atoms with Gasteiger partial charge in [-0.15, -0.1) is 12.6 Å². The molecular weight excluding hydrogens is 274 g/mol. The molecule has 1 amide bonds. The summed E-state index contributed by atoms with van der Waals surface area (Å²) in [5.41, 5.74) is 0.623. The maximum Gasteiger partial charge on any atom is 0.252 e. The van der Waals surface area contributed by atoms with Crippen molar-refractivity contribution >= 4 is 34.5 Å². The molecule has 15 heavy (non-hydrogen) atoms. The Balaban J connectivity index is 2.65. The van der Waals surface area contributed by atoms with Gasteiger partial charge in [0.2, 0.25) is 0 Å². The van der Waals surface area contributed by atoms with Crippen molar-refractivity contribution in [2.45, 2.75) is 24.7 Å². The van der Waals surface area contributed by atoms with E-state index < -0.39 is 0 Å². The lowest BCUT2D eigenvalue weighted by Crippen LogP contribution is -2.24.